The van der Waals surface area contributed by atoms with Gasteiger partial charge in [0.15, 0.2) is 11.6 Å². The molecule has 1 heterocycles. The van der Waals surface area contributed by atoms with E-state index in [1.165, 1.54) is 0 Å². The van der Waals surface area contributed by atoms with E-state index in [9.17, 15) is 22.8 Å². The standard InChI is InChI=1S/C13H10F3NO4/c1-21-12-9(16)8(15)4-6-10(12)17(3-2-14)5-7(11(6)18)13(19)20/h4-5H,2-3H2,1H3,(H,19,20). The molecule has 0 aliphatic rings. The van der Waals surface area contributed by atoms with E-state index in [0.717, 1.165) is 17.9 Å². The van der Waals surface area contributed by atoms with Crippen LogP contribution in [0.15, 0.2) is 17.1 Å². The molecule has 0 bridgehead atoms. The Labute approximate surface area is 116 Å². The van der Waals surface area contributed by atoms with Gasteiger partial charge in [0.25, 0.3) is 0 Å². The molecule has 0 aliphatic carbocycles. The summed E-state index contributed by atoms with van der Waals surface area (Å²) in [4.78, 5) is 23.0. The number of aromatic nitrogens is 1. The number of carbonyl (C=O) groups is 1. The van der Waals surface area contributed by atoms with Crippen molar-refractivity contribution in [2.24, 2.45) is 0 Å². The molecule has 112 valence electrons. The van der Waals surface area contributed by atoms with Crippen molar-refractivity contribution in [2.45, 2.75) is 6.54 Å². The van der Waals surface area contributed by atoms with Gasteiger partial charge in [-0.1, -0.05) is 0 Å². The number of aryl methyl sites for hydroxylation is 1. The van der Waals surface area contributed by atoms with Crippen molar-refractivity contribution < 1.29 is 27.8 Å². The minimum absolute atomic E-state index is 0.191. The number of rotatable bonds is 4. The highest BCUT2D eigenvalue weighted by molar-refractivity contribution is 5.94. The maximum Gasteiger partial charge on any atom is 0.341 e. The Hall–Kier alpha value is -2.51. The van der Waals surface area contributed by atoms with Gasteiger partial charge in [0.1, 0.15) is 12.2 Å². The Morgan fingerprint density at radius 1 is 1.43 bits per heavy atom. The maximum atomic E-state index is 13.7. The van der Waals surface area contributed by atoms with Crippen molar-refractivity contribution in [3.05, 3.63) is 39.7 Å². The predicted molar refractivity (Wildman–Crippen MR) is 67.6 cm³/mol. The molecule has 8 heteroatoms. The summed E-state index contributed by atoms with van der Waals surface area (Å²) in [6.07, 6.45) is 0.881. The molecule has 0 spiro atoms. The largest absolute Gasteiger partial charge is 0.491 e. The second-order valence-corrected chi connectivity index (χ2v) is 4.16. The van der Waals surface area contributed by atoms with Gasteiger partial charge in [-0.2, -0.15) is 4.39 Å². The smallest absolute Gasteiger partial charge is 0.341 e. The summed E-state index contributed by atoms with van der Waals surface area (Å²) in [6, 6.07) is 0.580. The van der Waals surface area contributed by atoms with E-state index in [1.54, 1.807) is 0 Å². The predicted octanol–water partition coefficient (Wildman–Crippen LogP) is 1.96. The van der Waals surface area contributed by atoms with Crippen LogP contribution in [0.4, 0.5) is 13.2 Å². The average Bonchev–Trinajstić information content (AvgIpc) is 2.43. The lowest BCUT2D eigenvalue weighted by Gasteiger charge is -2.14. The highest BCUT2D eigenvalue weighted by atomic mass is 19.2. The summed E-state index contributed by atoms with van der Waals surface area (Å²) in [6.45, 7) is -1.22. The Morgan fingerprint density at radius 2 is 2.10 bits per heavy atom. The fourth-order valence-corrected chi connectivity index (χ4v) is 2.08. The summed E-state index contributed by atoms with van der Waals surface area (Å²) >= 11 is 0. The Kier molecular flexibility index (Phi) is 3.88. The second-order valence-electron chi connectivity index (χ2n) is 4.16. The molecule has 1 N–H and O–H groups in total. The van der Waals surface area contributed by atoms with Crippen LogP contribution in [0.5, 0.6) is 5.75 Å². The van der Waals surface area contributed by atoms with Crippen LogP contribution in [0.25, 0.3) is 10.9 Å². The van der Waals surface area contributed by atoms with Gasteiger partial charge < -0.3 is 14.4 Å². The van der Waals surface area contributed by atoms with Crippen molar-refractivity contribution >= 4 is 16.9 Å². The van der Waals surface area contributed by atoms with E-state index in [4.69, 9.17) is 9.84 Å². The molecule has 5 nitrogen and oxygen atoms in total. The number of alkyl halides is 1. The second kappa shape index (κ2) is 5.47. The van der Waals surface area contributed by atoms with Crippen molar-refractivity contribution in [3.63, 3.8) is 0 Å². The van der Waals surface area contributed by atoms with Crippen molar-refractivity contribution in [2.75, 3.05) is 13.8 Å². The van der Waals surface area contributed by atoms with Gasteiger partial charge in [-0.3, -0.25) is 4.79 Å². The molecule has 1 aromatic carbocycles. The first kappa shape index (κ1) is 14.9. The van der Waals surface area contributed by atoms with Crippen LogP contribution in [0.3, 0.4) is 0 Å². The third-order valence-corrected chi connectivity index (χ3v) is 2.97. The molecule has 1 aromatic heterocycles. The number of methoxy groups -OCH3 is 1. The fraction of sp³-hybridized carbons (Fsp3) is 0.231. The lowest BCUT2D eigenvalue weighted by atomic mass is 10.1. The number of carboxylic acid groups (broad SMARTS) is 1. The molecule has 0 unspecified atom stereocenters. The van der Waals surface area contributed by atoms with Crippen molar-refractivity contribution in [1.29, 1.82) is 0 Å². The van der Waals surface area contributed by atoms with Crippen LogP contribution >= 0.6 is 0 Å². The molecule has 0 saturated heterocycles. The zero-order valence-corrected chi connectivity index (χ0v) is 10.8. The zero-order chi connectivity index (χ0) is 15.7. The number of halogens is 3. The van der Waals surface area contributed by atoms with E-state index in [2.05, 4.69) is 0 Å². The van der Waals surface area contributed by atoms with Crippen LogP contribution < -0.4 is 10.2 Å². The van der Waals surface area contributed by atoms with Crippen LogP contribution in [0.1, 0.15) is 10.4 Å². The number of benzene rings is 1. The third kappa shape index (κ3) is 2.32. The molecule has 21 heavy (non-hydrogen) atoms. The number of carboxylic acids is 1. The van der Waals surface area contributed by atoms with Gasteiger partial charge in [0.2, 0.25) is 11.2 Å². The molecule has 2 rings (SSSR count). The number of ether oxygens (including phenoxy) is 1. The molecule has 0 saturated carbocycles. The highest BCUT2D eigenvalue weighted by Crippen LogP contribution is 2.29. The normalized spacial score (nSPS) is 10.9. The Balaban J connectivity index is 3.04. The minimum Gasteiger partial charge on any atom is -0.491 e. The van der Waals surface area contributed by atoms with Gasteiger partial charge in [0, 0.05) is 6.20 Å². The number of fused-ring (bicyclic) bond motifs is 1. The molecule has 0 atom stereocenters. The number of hydrogen-bond acceptors (Lipinski definition) is 3. The topological polar surface area (TPSA) is 68.5 Å². The van der Waals surface area contributed by atoms with E-state index in [-0.39, 0.29) is 17.4 Å². The quantitative estimate of drug-likeness (QED) is 0.937. The summed E-state index contributed by atoms with van der Waals surface area (Å²) in [5.74, 6) is -4.81. The molecule has 2 aromatic rings. The van der Waals surface area contributed by atoms with Crippen LogP contribution in [0, 0.1) is 11.6 Å². The molecular weight excluding hydrogens is 291 g/mol. The molecule has 0 radical (unpaired) electrons. The van der Waals surface area contributed by atoms with Crippen molar-refractivity contribution in [3.8, 4) is 5.75 Å². The summed E-state index contributed by atoms with van der Waals surface area (Å²) in [5.41, 5.74) is -1.85. The highest BCUT2D eigenvalue weighted by Gasteiger charge is 2.22. The van der Waals surface area contributed by atoms with E-state index >= 15 is 0 Å². The van der Waals surface area contributed by atoms with Gasteiger partial charge in [-0.25, -0.2) is 13.6 Å². The fourth-order valence-electron chi connectivity index (χ4n) is 2.08. The molecule has 0 aliphatic heterocycles. The lowest BCUT2D eigenvalue weighted by Crippen LogP contribution is -2.20. The van der Waals surface area contributed by atoms with Gasteiger partial charge in [-0.15, -0.1) is 0 Å². The number of hydrogen-bond donors (Lipinski definition) is 1. The molecule has 0 amide bonds. The van der Waals surface area contributed by atoms with E-state index in [0.29, 0.717) is 6.07 Å². The maximum absolute atomic E-state index is 13.7. The minimum atomic E-state index is -1.54. The number of nitrogens with zero attached hydrogens (tertiary/aromatic N) is 1. The van der Waals surface area contributed by atoms with Crippen LogP contribution in [-0.4, -0.2) is 29.4 Å². The van der Waals surface area contributed by atoms with Gasteiger partial charge in [-0.05, 0) is 6.07 Å². The van der Waals surface area contributed by atoms with Gasteiger partial charge in [0.05, 0.1) is 24.6 Å². The van der Waals surface area contributed by atoms with Crippen LogP contribution in [-0.2, 0) is 6.54 Å². The monoisotopic (exact) mass is 301 g/mol. The SMILES string of the molecule is COc1c(F)c(F)cc2c(=O)c(C(=O)O)cn(CCF)c12. The summed E-state index contributed by atoms with van der Waals surface area (Å²) in [5, 5.41) is 8.57. The van der Waals surface area contributed by atoms with E-state index in [1.807, 2.05) is 0 Å². The van der Waals surface area contributed by atoms with E-state index < -0.39 is 41.0 Å². The Bertz CT molecular complexity index is 785. The third-order valence-electron chi connectivity index (χ3n) is 2.97. The zero-order valence-electron chi connectivity index (χ0n) is 10.8. The first-order valence-electron chi connectivity index (χ1n) is 5.80. The molecule has 0 fully saturated rings. The van der Waals surface area contributed by atoms with Crippen molar-refractivity contribution in [1.82, 2.24) is 4.57 Å². The van der Waals surface area contributed by atoms with Crippen LogP contribution in [0.2, 0.25) is 0 Å². The summed E-state index contributed by atoms with van der Waals surface area (Å²) < 4.78 is 45.6. The molecular formula is C13H10F3NO4. The lowest BCUT2D eigenvalue weighted by molar-refractivity contribution is 0.0694. The van der Waals surface area contributed by atoms with Gasteiger partial charge >= 0.3 is 5.97 Å². The number of aromatic carboxylic acids is 1. The first-order valence-corrected chi connectivity index (χ1v) is 5.80. The Morgan fingerprint density at radius 3 is 2.62 bits per heavy atom. The first-order chi connectivity index (χ1) is 9.92. The average molecular weight is 301 g/mol. The summed E-state index contributed by atoms with van der Waals surface area (Å²) in [7, 11) is 1.06. The number of pyridine rings is 1.